The lowest BCUT2D eigenvalue weighted by Crippen LogP contribution is -2.10. The highest BCUT2D eigenvalue weighted by Crippen LogP contribution is 2.34. The molecule has 0 fully saturated rings. The average Bonchev–Trinajstić information content (AvgIpc) is 2.15. The summed E-state index contributed by atoms with van der Waals surface area (Å²) in [5.41, 5.74) is 0. The highest BCUT2D eigenvalue weighted by atomic mass is 35.5. The fourth-order valence-corrected chi connectivity index (χ4v) is 1.14. The molecule has 0 aliphatic carbocycles. The highest BCUT2D eigenvalue weighted by Gasteiger charge is 2.10. The molecule has 0 saturated heterocycles. The Morgan fingerprint density at radius 3 is 2.86 bits per heavy atom. The maximum atomic E-state index is 10.3. The summed E-state index contributed by atoms with van der Waals surface area (Å²) < 4.78 is 9.92. The average molecular weight is 217 g/mol. The van der Waals surface area contributed by atoms with Crippen molar-refractivity contribution in [3.05, 3.63) is 23.2 Å². The number of methoxy groups -OCH3 is 1. The van der Waals surface area contributed by atoms with Gasteiger partial charge < -0.3 is 14.6 Å². The second-order valence-electron chi connectivity index (χ2n) is 2.45. The number of halogens is 1. The first-order valence-electron chi connectivity index (χ1n) is 3.82. The third-order valence-electron chi connectivity index (χ3n) is 1.49. The molecule has 0 spiro atoms. The molecule has 14 heavy (non-hydrogen) atoms. The van der Waals surface area contributed by atoms with Gasteiger partial charge in [-0.15, -0.1) is 0 Å². The molecule has 76 valence electrons. The molecular formula is C9H9ClO4. The summed E-state index contributed by atoms with van der Waals surface area (Å²) in [7, 11) is 1.46. The fraction of sp³-hybridized carbons (Fsp3) is 0.222. The van der Waals surface area contributed by atoms with Crippen molar-refractivity contribution in [3.8, 4) is 11.5 Å². The quantitative estimate of drug-likeness (QED) is 0.834. The van der Waals surface area contributed by atoms with Crippen LogP contribution in [0, 0.1) is 0 Å². The van der Waals surface area contributed by atoms with Crippen molar-refractivity contribution in [1.29, 1.82) is 0 Å². The zero-order valence-corrected chi connectivity index (χ0v) is 8.25. The van der Waals surface area contributed by atoms with Gasteiger partial charge in [0.15, 0.2) is 18.1 Å². The molecule has 0 aromatic heterocycles. The molecular weight excluding hydrogens is 208 g/mol. The van der Waals surface area contributed by atoms with Crippen molar-refractivity contribution in [2.75, 3.05) is 13.7 Å². The summed E-state index contributed by atoms with van der Waals surface area (Å²) in [5, 5.41) is 8.75. The van der Waals surface area contributed by atoms with Gasteiger partial charge in [-0.2, -0.15) is 0 Å². The second-order valence-corrected chi connectivity index (χ2v) is 2.86. The summed E-state index contributed by atoms with van der Waals surface area (Å²) in [6.07, 6.45) is 0. The van der Waals surface area contributed by atoms with Crippen LogP contribution in [0.3, 0.4) is 0 Å². The zero-order chi connectivity index (χ0) is 10.6. The van der Waals surface area contributed by atoms with Crippen LogP contribution in [-0.2, 0) is 4.79 Å². The number of benzene rings is 1. The Hall–Kier alpha value is -1.42. The van der Waals surface area contributed by atoms with E-state index in [1.165, 1.54) is 7.11 Å². The smallest absolute Gasteiger partial charge is 0.341 e. The van der Waals surface area contributed by atoms with Crippen LogP contribution in [0.2, 0.25) is 5.02 Å². The van der Waals surface area contributed by atoms with Crippen LogP contribution < -0.4 is 9.47 Å². The Morgan fingerprint density at radius 2 is 2.29 bits per heavy atom. The number of carbonyl (C=O) groups is 1. The van der Waals surface area contributed by atoms with Crippen LogP contribution in [0.25, 0.3) is 0 Å². The number of rotatable bonds is 4. The van der Waals surface area contributed by atoms with Crippen LogP contribution >= 0.6 is 11.6 Å². The van der Waals surface area contributed by atoms with Crippen LogP contribution in [-0.4, -0.2) is 24.8 Å². The standard InChI is InChI=1S/C9H9ClO4/c1-13-7-4-2-3-6(10)9(7)14-5-8(11)12/h2-4H,5H2,1H3,(H,11,12). The topological polar surface area (TPSA) is 55.8 Å². The highest BCUT2D eigenvalue weighted by molar-refractivity contribution is 6.32. The van der Waals surface area contributed by atoms with Crippen molar-refractivity contribution in [3.63, 3.8) is 0 Å². The predicted molar refractivity (Wildman–Crippen MR) is 51.1 cm³/mol. The van der Waals surface area contributed by atoms with Crippen LogP contribution in [0.4, 0.5) is 0 Å². The van der Waals surface area contributed by atoms with E-state index in [0.717, 1.165) is 0 Å². The van der Waals surface area contributed by atoms with Gasteiger partial charge in [-0.05, 0) is 12.1 Å². The van der Waals surface area contributed by atoms with Gasteiger partial charge >= 0.3 is 5.97 Å². The number of hydrogen-bond donors (Lipinski definition) is 1. The fourth-order valence-electron chi connectivity index (χ4n) is 0.924. The molecule has 1 rings (SSSR count). The first-order chi connectivity index (χ1) is 6.65. The predicted octanol–water partition coefficient (Wildman–Crippen LogP) is 1.81. The maximum absolute atomic E-state index is 10.3. The van der Waals surface area contributed by atoms with Crippen LogP contribution in [0.5, 0.6) is 11.5 Å². The lowest BCUT2D eigenvalue weighted by molar-refractivity contribution is -0.139. The third kappa shape index (κ3) is 2.53. The SMILES string of the molecule is COc1cccc(Cl)c1OCC(=O)O. The van der Waals surface area contributed by atoms with E-state index in [1.807, 2.05) is 0 Å². The lowest BCUT2D eigenvalue weighted by Gasteiger charge is -2.09. The van der Waals surface area contributed by atoms with Crippen molar-refractivity contribution in [1.82, 2.24) is 0 Å². The van der Waals surface area contributed by atoms with Gasteiger partial charge in [0.1, 0.15) is 0 Å². The summed E-state index contributed by atoms with van der Waals surface area (Å²) in [5.74, 6) is -0.398. The number of aliphatic carboxylic acids is 1. The van der Waals surface area contributed by atoms with Crippen molar-refractivity contribution in [2.45, 2.75) is 0 Å². The van der Waals surface area contributed by atoms with E-state index in [-0.39, 0.29) is 5.75 Å². The third-order valence-corrected chi connectivity index (χ3v) is 1.79. The summed E-state index contributed by atoms with van der Waals surface area (Å²) in [6, 6.07) is 4.93. The number of para-hydroxylation sites is 1. The molecule has 4 nitrogen and oxygen atoms in total. The minimum atomic E-state index is -1.06. The van der Waals surface area contributed by atoms with Gasteiger partial charge in [-0.25, -0.2) is 4.79 Å². The summed E-state index contributed by atoms with van der Waals surface area (Å²) in [4.78, 5) is 10.3. The molecule has 1 aromatic rings. The van der Waals surface area contributed by atoms with E-state index in [2.05, 4.69) is 0 Å². The number of carboxylic acid groups (broad SMARTS) is 1. The Bertz CT molecular complexity index is 338. The normalized spacial score (nSPS) is 9.57. The van der Waals surface area contributed by atoms with Gasteiger partial charge in [0.05, 0.1) is 12.1 Å². The molecule has 0 amide bonds. The largest absolute Gasteiger partial charge is 0.493 e. The molecule has 1 aromatic carbocycles. The molecule has 0 atom stereocenters. The minimum absolute atomic E-state index is 0.249. The Balaban J connectivity index is 2.87. The van der Waals surface area contributed by atoms with E-state index in [0.29, 0.717) is 10.8 Å². The number of ether oxygens (including phenoxy) is 2. The number of carboxylic acids is 1. The van der Waals surface area contributed by atoms with Gasteiger partial charge in [-0.1, -0.05) is 17.7 Å². The van der Waals surface area contributed by atoms with E-state index in [4.69, 9.17) is 26.2 Å². The first-order valence-corrected chi connectivity index (χ1v) is 4.20. The van der Waals surface area contributed by atoms with Gasteiger partial charge in [0.25, 0.3) is 0 Å². The maximum Gasteiger partial charge on any atom is 0.341 e. The summed E-state index contributed by atoms with van der Waals surface area (Å²) in [6.45, 7) is -0.444. The molecule has 1 N–H and O–H groups in total. The van der Waals surface area contributed by atoms with E-state index in [1.54, 1.807) is 18.2 Å². The molecule has 5 heteroatoms. The van der Waals surface area contributed by atoms with Crippen molar-refractivity contribution >= 4 is 17.6 Å². The van der Waals surface area contributed by atoms with E-state index in [9.17, 15) is 4.79 Å². The second kappa shape index (κ2) is 4.72. The van der Waals surface area contributed by atoms with Gasteiger partial charge in [0.2, 0.25) is 0 Å². The molecule has 0 saturated carbocycles. The van der Waals surface area contributed by atoms with E-state index >= 15 is 0 Å². The monoisotopic (exact) mass is 216 g/mol. The molecule has 0 radical (unpaired) electrons. The molecule has 0 bridgehead atoms. The van der Waals surface area contributed by atoms with Crippen LogP contribution in [0.1, 0.15) is 0 Å². The molecule has 0 aliphatic rings. The first kappa shape index (κ1) is 10.7. The minimum Gasteiger partial charge on any atom is -0.493 e. The van der Waals surface area contributed by atoms with Crippen molar-refractivity contribution < 1.29 is 19.4 Å². The van der Waals surface area contributed by atoms with E-state index < -0.39 is 12.6 Å². The Labute approximate surface area is 86.0 Å². The summed E-state index contributed by atoms with van der Waals surface area (Å²) >= 11 is 5.79. The zero-order valence-electron chi connectivity index (χ0n) is 7.49. The molecule has 0 heterocycles. The molecule has 0 aliphatic heterocycles. The Kier molecular flexibility index (Phi) is 3.59. The van der Waals surface area contributed by atoms with Gasteiger partial charge in [-0.3, -0.25) is 0 Å². The van der Waals surface area contributed by atoms with Crippen LogP contribution in [0.15, 0.2) is 18.2 Å². The number of hydrogen-bond acceptors (Lipinski definition) is 3. The lowest BCUT2D eigenvalue weighted by atomic mass is 10.3. The van der Waals surface area contributed by atoms with Gasteiger partial charge in [0, 0.05) is 0 Å². The van der Waals surface area contributed by atoms with Crippen molar-refractivity contribution in [2.24, 2.45) is 0 Å². The molecule has 0 unspecified atom stereocenters. The Morgan fingerprint density at radius 1 is 1.57 bits per heavy atom.